The highest BCUT2D eigenvalue weighted by atomic mass is 19.1. The van der Waals surface area contributed by atoms with Crippen molar-refractivity contribution in [1.29, 1.82) is 0 Å². The van der Waals surface area contributed by atoms with Crippen LogP contribution in [0.25, 0.3) is 10.8 Å². The molecule has 1 saturated carbocycles. The number of nitrogens with one attached hydrogen (secondary N) is 1. The summed E-state index contributed by atoms with van der Waals surface area (Å²) < 4.78 is 13.8. The molecule has 21 heavy (non-hydrogen) atoms. The van der Waals surface area contributed by atoms with Gasteiger partial charge in [0.05, 0.1) is 0 Å². The number of carbonyl (C=O) groups excluding carboxylic acids is 1. The molecular formula is C18H20FNO. The van der Waals surface area contributed by atoms with Crippen LogP contribution in [0, 0.1) is 11.7 Å². The zero-order valence-electron chi connectivity index (χ0n) is 12.1. The summed E-state index contributed by atoms with van der Waals surface area (Å²) in [4.78, 5) is 12.4. The Labute approximate surface area is 124 Å². The molecule has 0 heterocycles. The number of rotatable bonds is 3. The van der Waals surface area contributed by atoms with Gasteiger partial charge in [-0.3, -0.25) is 4.79 Å². The van der Waals surface area contributed by atoms with E-state index in [1.54, 1.807) is 24.3 Å². The summed E-state index contributed by atoms with van der Waals surface area (Å²) in [5, 5.41) is 4.20. The average Bonchev–Trinajstić information content (AvgIpc) is 2.54. The highest BCUT2D eigenvalue weighted by Crippen LogP contribution is 2.24. The largest absolute Gasteiger partial charge is 0.352 e. The SMILES string of the molecule is O=C(NCC1CCCCC1)c1ccc(F)c2ccccc12. The number of halogens is 1. The Hall–Kier alpha value is -1.90. The first kappa shape index (κ1) is 14.1. The highest BCUT2D eigenvalue weighted by molar-refractivity contribution is 6.07. The second-order valence-corrected chi connectivity index (χ2v) is 5.85. The second-order valence-electron chi connectivity index (χ2n) is 5.85. The van der Waals surface area contributed by atoms with Crippen molar-refractivity contribution in [3.8, 4) is 0 Å². The van der Waals surface area contributed by atoms with E-state index < -0.39 is 0 Å². The maximum Gasteiger partial charge on any atom is 0.251 e. The van der Waals surface area contributed by atoms with Crippen molar-refractivity contribution < 1.29 is 9.18 Å². The standard InChI is InChI=1S/C18H20FNO/c19-17-11-10-16(14-8-4-5-9-15(14)17)18(21)20-12-13-6-2-1-3-7-13/h4-5,8-11,13H,1-3,6-7,12H2,(H,20,21). The molecule has 1 fully saturated rings. The predicted octanol–water partition coefficient (Wildman–Crippen LogP) is 4.29. The van der Waals surface area contributed by atoms with E-state index in [1.165, 1.54) is 38.2 Å². The maximum atomic E-state index is 13.8. The Morgan fingerprint density at radius 1 is 1.05 bits per heavy atom. The minimum atomic E-state index is -0.283. The van der Waals surface area contributed by atoms with Crippen molar-refractivity contribution in [2.75, 3.05) is 6.54 Å². The summed E-state index contributed by atoms with van der Waals surface area (Å²) in [6.45, 7) is 0.727. The van der Waals surface area contributed by atoms with Gasteiger partial charge in [0, 0.05) is 17.5 Å². The molecule has 1 amide bonds. The molecule has 2 aromatic carbocycles. The van der Waals surface area contributed by atoms with E-state index in [1.807, 2.05) is 6.07 Å². The third-order valence-corrected chi connectivity index (χ3v) is 4.39. The van der Waals surface area contributed by atoms with Gasteiger partial charge in [-0.15, -0.1) is 0 Å². The molecule has 1 aliphatic rings. The summed E-state index contributed by atoms with van der Waals surface area (Å²) in [7, 11) is 0. The van der Waals surface area contributed by atoms with Gasteiger partial charge in [-0.1, -0.05) is 43.5 Å². The third-order valence-electron chi connectivity index (χ3n) is 4.39. The van der Waals surface area contributed by atoms with Crippen molar-refractivity contribution in [3.63, 3.8) is 0 Å². The third kappa shape index (κ3) is 3.07. The van der Waals surface area contributed by atoms with Crippen LogP contribution in [-0.4, -0.2) is 12.5 Å². The molecule has 110 valence electrons. The summed E-state index contributed by atoms with van der Waals surface area (Å²) in [5.74, 6) is 0.209. The van der Waals surface area contributed by atoms with Crippen molar-refractivity contribution in [2.24, 2.45) is 5.92 Å². The maximum absolute atomic E-state index is 13.8. The lowest BCUT2D eigenvalue weighted by atomic mass is 9.89. The van der Waals surface area contributed by atoms with Crippen molar-refractivity contribution in [3.05, 3.63) is 47.8 Å². The van der Waals surface area contributed by atoms with Crippen LogP contribution in [-0.2, 0) is 0 Å². The lowest BCUT2D eigenvalue weighted by Gasteiger charge is -2.21. The summed E-state index contributed by atoms with van der Waals surface area (Å²) in [6.07, 6.45) is 6.24. The van der Waals surface area contributed by atoms with E-state index in [-0.39, 0.29) is 11.7 Å². The van der Waals surface area contributed by atoms with E-state index in [0.29, 0.717) is 22.3 Å². The Balaban J connectivity index is 1.77. The van der Waals surface area contributed by atoms with Crippen LogP contribution in [0.5, 0.6) is 0 Å². The molecule has 3 heteroatoms. The first-order valence-electron chi connectivity index (χ1n) is 7.71. The van der Waals surface area contributed by atoms with Crippen molar-refractivity contribution >= 4 is 16.7 Å². The molecule has 0 atom stereocenters. The lowest BCUT2D eigenvalue weighted by molar-refractivity contribution is 0.0945. The van der Waals surface area contributed by atoms with E-state index >= 15 is 0 Å². The summed E-state index contributed by atoms with van der Waals surface area (Å²) in [6, 6.07) is 10.1. The van der Waals surface area contributed by atoms with Crippen LogP contribution in [0.4, 0.5) is 4.39 Å². The fourth-order valence-electron chi connectivity index (χ4n) is 3.18. The quantitative estimate of drug-likeness (QED) is 0.895. The smallest absolute Gasteiger partial charge is 0.251 e. The van der Waals surface area contributed by atoms with Crippen LogP contribution >= 0.6 is 0 Å². The molecular weight excluding hydrogens is 265 g/mol. The van der Waals surface area contributed by atoms with Gasteiger partial charge in [0.25, 0.3) is 5.91 Å². The zero-order chi connectivity index (χ0) is 14.7. The van der Waals surface area contributed by atoms with Gasteiger partial charge in [0.1, 0.15) is 5.82 Å². The second kappa shape index (κ2) is 6.25. The van der Waals surface area contributed by atoms with Gasteiger partial charge in [-0.05, 0) is 36.3 Å². The van der Waals surface area contributed by atoms with Crippen LogP contribution < -0.4 is 5.32 Å². The first-order valence-corrected chi connectivity index (χ1v) is 7.71. The molecule has 0 aromatic heterocycles. The minimum Gasteiger partial charge on any atom is -0.352 e. The Bertz CT molecular complexity index is 647. The molecule has 0 bridgehead atoms. The van der Waals surface area contributed by atoms with E-state index in [9.17, 15) is 9.18 Å². The number of carbonyl (C=O) groups is 1. The molecule has 2 aromatic rings. The first-order chi connectivity index (χ1) is 10.3. The van der Waals surface area contributed by atoms with Gasteiger partial charge >= 0.3 is 0 Å². The molecule has 2 nitrogen and oxygen atoms in total. The molecule has 0 unspecified atom stereocenters. The Morgan fingerprint density at radius 2 is 1.76 bits per heavy atom. The minimum absolute atomic E-state index is 0.100. The fourth-order valence-corrected chi connectivity index (χ4v) is 3.18. The molecule has 0 spiro atoms. The molecule has 0 aliphatic heterocycles. The zero-order valence-corrected chi connectivity index (χ0v) is 12.1. The van der Waals surface area contributed by atoms with Crippen LogP contribution in [0.3, 0.4) is 0 Å². The molecule has 1 aliphatic carbocycles. The number of hydrogen-bond donors (Lipinski definition) is 1. The molecule has 0 saturated heterocycles. The normalized spacial score (nSPS) is 16.0. The Kier molecular flexibility index (Phi) is 4.18. The Morgan fingerprint density at radius 3 is 2.52 bits per heavy atom. The van der Waals surface area contributed by atoms with Gasteiger partial charge in [0.15, 0.2) is 0 Å². The van der Waals surface area contributed by atoms with Gasteiger partial charge in [-0.2, -0.15) is 0 Å². The highest BCUT2D eigenvalue weighted by Gasteiger charge is 2.16. The monoisotopic (exact) mass is 285 g/mol. The average molecular weight is 285 g/mol. The van der Waals surface area contributed by atoms with Crippen molar-refractivity contribution in [2.45, 2.75) is 32.1 Å². The van der Waals surface area contributed by atoms with Gasteiger partial charge < -0.3 is 5.32 Å². The van der Waals surface area contributed by atoms with E-state index in [2.05, 4.69) is 5.32 Å². The number of fused-ring (bicyclic) bond motifs is 1. The van der Waals surface area contributed by atoms with Crippen LogP contribution in [0.15, 0.2) is 36.4 Å². The van der Waals surface area contributed by atoms with E-state index in [4.69, 9.17) is 0 Å². The summed E-state index contributed by atoms with van der Waals surface area (Å²) in [5.41, 5.74) is 0.558. The number of hydrogen-bond acceptors (Lipinski definition) is 1. The predicted molar refractivity (Wildman–Crippen MR) is 82.8 cm³/mol. The van der Waals surface area contributed by atoms with E-state index in [0.717, 1.165) is 6.54 Å². The van der Waals surface area contributed by atoms with Crippen molar-refractivity contribution in [1.82, 2.24) is 5.32 Å². The number of amides is 1. The summed E-state index contributed by atoms with van der Waals surface area (Å²) >= 11 is 0. The lowest BCUT2D eigenvalue weighted by Crippen LogP contribution is -2.30. The van der Waals surface area contributed by atoms with Gasteiger partial charge in [0.2, 0.25) is 0 Å². The number of benzene rings is 2. The molecule has 1 N–H and O–H groups in total. The topological polar surface area (TPSA) is 29.1 Å². The van der Waals surface area contributed by atoms with Crippen LogP contribution in [0.2, 0.25) is 0 Å². The molecule has 0 radical (unpaired) electrons. The van der Waals surface area contributed by atoms with Gasteiger partial charge in [-0.25, -0.2) is 4.39 Å². The van der Waals surface area contributed by atoms with Crippen LogP contribution in [0.1, 0.15) is 42.5 Å². The fraction of sp³-hybridized carbons (Fsp3) is 0.389. The molecule has 3 rings (SSSR count).